The van der Waals surface area contributed by atoms with Gasteiger partial charge in [0.05, 0.1) is 13.0 Å². The quantitative estimate of drug-likeness (QED) is 0.567. The average molecular weight is 379 g/mol. The lowest BCUT2D eigenvalue weighted by Gasteiger charge is -2.09. The molecule has 144 valence electrons. The van der Waals surface area contributed by atoms with E-state index in [0.29, 0.717) is 29.5 Å². The number of carboxylic acids is 1. The summed E-state index contributed by atoms with van der Waals surface area (Å²) in [6.07, 6.45) is 2.86. The summed E-state index contributed by atoms with van der Waals surface area (Å²) in [5, 5.41) is 12.7. The van der Waals surface area contributed by atoms with Crippen molar-refractivity contribution in [3.05, 3.63) is 60.4 Å². The van der Waals surface area contributed by atoms with E-state index in [-0.39, 0.29) is 6.42 Å². The first kappa shape index (κ1) is 18.1. The zero-order valence-corrected chi connectivity index (χ0v) is 15.3. The predicted molar refractivity (Wildman–Crippen MR) is 103 cm³/mol. The molecule has 0 amide bonds. The van der Waals surface area contributed by atoms with Gasteiger partial charge in [-0.2, -0.15) is 0 Å². The molecule has 2 aromatic carbocycles. The van der Waals surface area contributed by atoms with E-state index in [2.05, 4.69) is 5.16 Å². The maximum Gasteiger partial charge on any atom is 0.303 e. The minimum atomic E-state index is -0.860. The molecule has 0 atom stereocenters. The van der Waals surface area contributed by atoms with Crippen molar-refractivity contribution >= 4 is 5.97 Å². The summed E-state index contributed by atoms with van der Waals surface area (Å²) in [5.41, 5.74) is 1.54. The van der Waals surface area contributed by atoms with Crippen LogP contribution in [0.2, 0.25) is 0 Å². The van der Waals surface area contributed by atoms with Gasteiger partial charge >= 0.3 is 5.97 Å². The highest BCUT2D eigenvalue weighted by Crippen LogP contribution is 2.31. The van der Waals surface area contributed by atoms with E-state index in [0.717, 1.165) is 23.7 Å². The summed E-state index contributed by atoms with van der Waals surface area (Å²) in [6, 6.07) is 16.9. The number of aromatic nitrogens is 1. The Morgan fingerprint density at radius 1 is 1.07 bits per heavy atom. The molecule has 3 aromatic rings. The lowest BCUT2D eigenvalue weighted by molar-refractivity contribution is -0.137. The van der Waals surface area contributed by atoms with E-state index in [4.69, 9.17) is 19.1 Å². The summed E-state index contributed by atoms with van der Waals surface area (Å²) in [4.78, 5) is 10.6. The van der Waals surface area contributed by atoms with Crippen LogP contribution in [0, 0.1) is 5.92 Å². The van der Waals surface area contributed by atoms with Gasteiger partial charge in [0, 0.05) is 24.1 Å². The minimum Gasteiger partial charge on any atom is -0.493 e. The Kier molecular flexibility index (Phi) is 5.28. The van der Waals surface area contributed by atoms with Gasteiger partial charge in [-0.15, -0.1) is 0 Å². The fraction of sp³-hybridized carbons (Fsp3) is 0.273. The Balaban J connectivity index is 1.38. The van der Waals surface area contributed by atoms with Crippen molar-refractivity contribution in [3.63, 3.8) is 0 Å². The smallest absolute Gasteiger partial charge is 0.303 e. The summed E-state index contributed by atoms with van der Waals surface area (Å²) < 4.78 is 16.9. The monoisotopic (exact) mass is 379 g/mol. The van der Waals surface area contributed by atoms with Crippen molar-refractivity contribution in [2.45, 2.75) is 25.7 Å². The highest BCUT2D eigenvalue weighted by molar-refractivity contribution is 5.67. The van der Waals surface area contributed by atoms with E-state index < -0.39 is 5.97 Å². The molecule has 0 aliphatic heterocycles. The van der Waals surface area contributed by atoms with Crippen LogP contribution >= 0.6 is 0 Å². The maximum absolute atomic E-state index is 10.6. The van der Waals surface area contributed by atoms with Crippen LogP contribution in [-0.4, -0.2) is 22.8 Å². The highest BCUT2D eigenvalue weighted by Gasteiger charge is 2.21. The van der Waals surface area contributed by atoms with Crippen molar-refractivity contribution in [2.24, 2.45) is 5.92 Å². The Bertz CT molecular complexity index is 944. The van der Waals surface area contributed by atoms with Crippen molar-refractivity contribution in [1.82, 2.24) is 5.16 Å². The molecule has 0 saturated heterocycles. The summed E-state index contributed by atoms with van der Waals surface area (Å²) in [7, 11) is 0. The molecule has 28 heavy (non-hydrogen) atoms. The fourth-order valence-electron chi connectivity index (χ4n) is 2.75. The van der Waals surface area contributed by atoms with Gasteiger partial charge in [0.2, 0.25) is 0 Å². The highest BCUT2D eigenvalue weighted by atomic mass is 16.5. The van der Waals surface area contributed by atoms with Crippen molar-refractivity contribution < 1.29 is 23.9 Å². The lowest BCUT2D eigenvalue weighted by atomic mass is 10.1. The number of rotatable bonds is 9. The van der Waals surface area contributed by atoms with Crippen LogP contribution in [0.25, 0.3) is 11.3 Å². The van der Waals surface area contributed by atoms with E-state index in [9.17, 15) is 4.79 Å². The molecule has 1 aliphatic rings. The third kappa shape index (κ3) is 4.91. The molecular formula is C22H21NO5. The van der Waals surface area contributed by atoms with E-state index in [1.165, 1.54) is 12.8 Å². The summed E-state index contributed by atoms with van der Waals surface area (Å²) in [5.74, 6) is 2.65. The number of nitrogens with zero attached hydrogens (tertiary/aromatic N) is 1. The van der Waals surface area contributed by atoms with Gasteiger partial charge in [0.25, 0.3) is 0 Å². The molecule has 1 aromatic heterocycles. The standard InChI is InChI=1S/C22H21NO5/c24-22(25)11-10-20-13-21(23-28-20)16-6-8-17(9-7-16)27-19-3-1-2-18(12-19)26-14-15-4-5-15/h1-3,6-9,12-13,15H,4-5,10-11,14H2,(H,24,25). The second kappa shape index (κ2) is 8.17. The number of hydrogen-bond donors (Lipinski definition) is 1. The molecule has 0 unspecified atom stereocenters. The van der Waals surface area contributed by atoms with E-state index in [1.807, 2.05) is 48.5 Å². The zero-order chi connectivity index (χ0) is 19.3. The molecule has 1 N–H and O–H groups in total. The SMILES string of the molecule is O=C(O)CCc1cc(-c2ccc(Oc3cccc(OCC4CC4)c3)cc2)no1. The zero-order valence-electron chi connectivity index (χ0n) is 15.3. The molecule has 0 radical (unpaired) electrons. The lowest BCUT2D eigenvalue weighted by Crippen LogP contribution is -1.98. The molecule has 6 heteroatoms. The van der Waals surface area contributed by atoms with Gasteiger partial charge in [-0.05, 0) is 55.2 Å². The molecule has 1 fully saturated rings. The van der Waals surface area contributed by atoms with Gasteiger partial charge in [-0.1, -0.05) is 11.2 Å². The molecule has 1 aliphatic carbocycles. The van der Waals surface area contributed by atoms with Crippen LogP contribution in [0.15, 0.2) is 59.1 Å². The van der Waals surface area contributed by atoms with Gasteiger partial charge in [-0.25, -0.2) is 0 Å². The van der Waals surface area contributed by atoms with Crippen molar-refractivity contribution in [1.29, 1.82) is 0 Å². The Labute approximate surface area is 162 Å². The van der Waals surface area contributed by atoms with Gasteiger partial charge in [-0.3, -0.25) is 4.79 Å². The number of carboxylic acid groups (broad SMARTS) is 1. The van der Waals surface area contributed by atoms with Gasteiger partial charge in [0.1, 0.15) is 28.7 Å². The first-order valence-corrected chi connectivity index (χ1v) is 9.34. The van der Waals surface area contributed by atoms with Crippen LogP contribution in [0.5, 0.6) is 17.2 Å². The molecule has 6 nitrogen and oxygen atoms in total. The van der Waals surface area contributed by atoms with Crippen LogP contribution in [-0.2, 0) is 11.2 Å². The third-order valence-corrected chi connectivity index (χ3v) is 4.52. The molecule has 4 rings (SSSR count). The number of carbonyl (C=O) groups is 1. The number of ether oxygens (including phenoxy) is 2. The largest absolute Gasteiger partial charge is 0.493 e. The van der Waals surface area contributed by atoms with Crippen molar-refractivity contribution in [3.8, 4) is 28.5 Å². The summed E-state index contributed by atoms with van der Waals surface area (Å²) >= 11 is 0. The number of benzene rings is 2. The molecule has 0 spiro atoms. The first-order chi connectivity index (χ1) is 13.7. The van der Waals surface area contributed by atoms with Crippen LogP contribution < -0.4 is 9.47 Å². The van der Waals surface area contributed by atoms with Crippen LogP contribution in [0.4, 0.5) is 0 Å². The fourth-order valence-corrected chi connectivity index (χ4v) is 2.75. The second-order valence-corrected chi connectivity index (χ2v) is 6.93. The van der Waals surface area contributed by atoms with E-state index >= 15 is 0 Å². The molecule has 1 saturated carbocycles. The number of hydrogen-bond acceptors (Lipinski definition) is 5. The maximum atomic E-state index is 10.6. The van der Waals surface area contributed by atoms with Gasteiger partial charge in [0.15, 0.2) is 0 Å². The van der Waals surface area contributed by atoms with Crippen molar-refractivity contribution in [2.75, 3.05) is 6.61 Å². The topological polar surface area (TPSA) is 81.8 Å². The summed E-state index contributed by atoms with van der Waals surface area (Å²) in [6.45, 7) is 0.768. The molecule has 0 bridgehead atoms. The molecule has 1 heterocycles. The predicted octanol–water partition coefficient (Wildman–Crippen LogP) is 4.94. The van der Waals surface area contributed by atoms with Crippen LogP contribution in [0.1, 0.15) is 25.0 Å². The third-order valence-electron chi connectivity index (χ3n) is 4.52. The number of aliphatic carboxylic acids is 1. The first-order valence-electron chi connectivity index (χ1n) is 9.34. The van der Waals surface area contributed by atoms with Crippen LogP contribution in [0.3, 0.4) is 0 Å². The Hall–Kier alpha value is -3.28. The average Bonchev–Trinajstić information content (AvgIpc) is 3.41. The Morgan fingerprint density at radius 3 is 2.61 bits per heavy atom. The minimum absolute atomic E-state index is 0.0187. The second-order valence-electron chi connectivity index (χ2n) is 6.93. The normalized spacial score (nSPS) is 13.3. The van der Waals surface area contributed by atoms with E-state index in [1.54, 1.807) is 6.07 Å². The Morgan fingerprint density at radius 2 is 1.86 bits per heavy atom. The molecular weight excluding hydrogens is 358 g/mol. The number of aryl methyl sites for hydroxylation is 1. The van der Waals surface area contributed by atoms with Gasteiger partial charge < -0.3 is 19.1 Å².